The van der Waals surface area contributed by atoms with Gasteiger partial charge in [0, 0.05) is 5.56 Å². The standard InChI is InChI=1S/C15H17ClN2O2/c1-15(2,3)10-7-5-6-8-11(10)20-14-12(19-4)13(16)17-9-18-14/h5-9H,1-4H3. The molecule has 0 amide bonds. The Morgan fingerprint density at radius 2 is 1.80 bits per heavy atom. The van der Waals surface area contributed by atoms with Crippen molar-refractivity contribution in [3.05, 3.63) is 41.3 Å². The number of halogens is 1. The lowest BCUT2D eigenvalue weighted by molar-refractivity contribution is 0.363. The topological polar surface area (TPSA) is 44.2 Å². The van der Waals surface area contributed by atoms with E-state index in [1.54, 1.807) is 0 Å². The van der Waals surface area contributed by atoms with Crippen LogP contribution in [0.4, 0.5) is 0 Å². The zero-order valence-corrected chi connectivity index (χ0v) is 12.7. The summed E-state index contributed by atoms with van der Waals surface area (Å²) in [6, 6.07) is 7.83. The van der Waals surface area contributed by atoms with E-state index in [9.17, 15) is 0 Å². The number of nitrogens with zero attached hydrogens (tertiary/aromatic N) is 2. The molecule has 0 atom stereocenters. The molecule has 20 heavy (non-hydrogen) atoms. The van der Waals surface area contributed by atoms with Crippen molar-refractivity contribution >= 4 is 11.6 Å². The van der Waals surface area contributed by atoms with Gasteiger partial charge in [-0.1, -0.05) is 50.6 Å². The number of ether oxygens (including phenoxy) is 2. The van der Waals surface area contributed by atoms with E-state index in [2.05, 4.69) is 30.7 Å². The SMILES string of the molecule is COc1c(Cl)ncnc1Oc1ccccc1C(C)(C)C. The van der Waals surface area contributed by atoms with Crippen molar-refractivity contribution in [2.45, 2.75) is 26.2 Å². The third kappa shape index (κ3) is 3.02. The molecule has 1 heterocycles. The van der Waals surface area contributed by atoms with Gasteiger partial charge in [-0.15, -0.1) is 0 Å². The van der Waals surface area contributed by atoms with Gasteiger partial charge in [-0.25, -0.2) is 4.98 Å². The third-order valence-corrected chi connectivity index (χ3v) is 3.10. The fourth-order valence-corrected chi connectivity index (χ4v) is 2.06. The fourth-order valence-electron chi connectivity index (χ4n) is 1.86. The van der Waals surface area contributed by atoms with Gasteiger partial charge in [0.2, 0.25) is 5.75 Å². The molecule has 0 aliphatic carbocycles. The van der Waals surface area contributed by atoms with E-state index in [0.717, 1.165) is 11.3 Å². The molecule has 2 rings (SSSR count). The maximum Gasteiger partial charge on any atom is 0.267 e. The number of rotatable bonds is 3. The first kappa shape index (κ1) is 14.6. The monoisotopic (exact) mass is 292 g/mol. The molecule has 0 spiro atoms. The fraction of sp³-hybridized carbons (Fsp3) is 0.333. The minimum Gasteiger partial charge on any atom is -0.489 e. The second kappa shape index (κ2) is 5.67. The number of benzene rings is 1. The van der Waals surface area contributed by atoms with E-state index in [0.29, 0.717) is 11.6 Å². The van der Waals surface area contributed by atoms with Gasteiger partial charge >= 0.3 is 0 Å². The van der Waals surface area contributed by atoms with Crippen LogP contribution in [0, 0.1) is 0 Å². The first-order chi connectivity index (χ1) is 9.43. The molecule has 106 valence electrons. The summed E-state index contributed by atoms with van der Waals surface area (Å²) in [5.74, 6) is 1.37. The van der Waals surface area contributed by atoms with Gasteiger partial charge in [-0.05, 0) is 11.5 Å². The van der Waals surface area contributed by atoms with Gasteiger partial charge in [-0.2, -0.15) is 4.98 Å². The van der Waals surface area contributed by atoms with Crippen LogP contribution in [0.2, 0.25) is 5.15 Å². The maximum atomic E-state index is 5.97. The molecule has 2 aromatic rings. The quantitative estimate of drug-likeness (QED) is 0.794. The number of aromatic nitrogens is 2. The highest BCUT2D eigenvalue weighted by Gasteiger charge is 2.20. The zero-order valence-electron chi connectivity index (χ0n) is 12.0. The molecule has 0 fully saturated rings. The summed E-state index contributed by atoms with van der Waals surface area (Å²) in [6.07, 6.45) is 1.35. The summed E-state index contributed by atoms with van der Waals surface area (Å²) in [5, 5.41) is 0.228. The van der Waals surface area contributed by atoms with Crippen LogP contribution in [0.15, 0.2) is 30.6 Å². The van der Waals surface area contributed by atoms with Crippen LogP contribution in [0.5, 0.6) is 17.4 Å². The van der Waals surface area contributed by atoms with E-state index in [1.807, 2.05) is 24.3 Å². The molecular weight excluding hydrogens is 276 g/mol. The Morgan fingerprint density at radius 3 is 2.45 bits per heavy atom. The van der Waals surface area contributed by atoms with E-state index in [-0.39, 0.29) is 10.6 Å². The Balaban J connectivity index is 2.44. The summed E-state index contributed by atoms with van der Waals surface area (Å²) >= 11 is 5.97. The highest BCUT2D eigenvalue weighted by atomic mass is 35.5. The van der Waals surface area contributed by atoms with E-state index in [4.69, 9.17) is 21.1 Å². The predicted molar refractivity (Wildman–Crippen MR) is 78.8 cm³/mol. The molecule has 0 saturated carbocycles. The Hall–Kier alpha value is -1.81. The van der Waals surface area contributed by atoms with Gasteiger partial charge in [0.25, 0.3) is 5.88 Å². The molecule has 0 radical (unpaired) electrons. The summed E-state index contributed by atoms with van der Waals surface area (Å²) in [6.45, 7) is 6.37. The van der Waals surface area contributed by atoms with Crippen molar-refractivity contribution in [3.8, 4) is 17.4 Å². The van der Waals surface area contributed by atoms with Gasteiger partial charge < -0.3 is 9.47 Å². The highest BCUT2D eigenvalue weighted by Crippen LogP contribution is 2.38. The summed E-state index contributed by atoms with van der Waals surface area (Å²) in [7, 11) is 1.51. The lowest BCUT2D eigenvalue weighted by atomic mass is 9.86. The Bertz CT molecular complexity index is 609. The Labute approximate surface area is 123 Å². The van der Waals surface area contributed by atoms with Crippen LogP contribution in [0.25, 0.3) is 0 Å². The van der Waals surface area contributed by atoms with Crippen molar-refractivity contribution < 1.29 is 9.47 Å². The normalized spacial score (nSPS) is 11.2. The Morgan fingerprint density at radius 1 is 1.10 bits per heavy atom. The largest absolute Gasteiger partial charge is 0.489 e. The van der Waals surface area contributed by atoms with E-state index in [1.165, 1.54) is 13.4 Å². The number of para-hydroxylation sites is 1. The number of hydrogen-bond donors (Lipinski definition) is 0. The number of hydrogen-bond acceptors (Lipinski definition) is 4. The second-order valence-corrected chi connectivity index (χ2v) is 5.71. The van der Waals surface area contributed by atoms with Crippen LogP contribution in [-0.2, 0) is 5.41 Å². The van der Waals surface area contributed by atoms with Crippen LogP contribution in [0.3, 0.4) is 0 Å². The van der Waals surface area contributed by atoms with Gasteiger partial charge in [0.15, 0.2) is 5.15 Å². The molecule has 5 heteroatoms. The molecule has 4 nitrogen and oxygen atoms in total. The van der Waals surface area contributed by atoms with Crippen molar-refractivity contribution in [2.24, 2.45) is 0 Å². The second-order valence-electron chi connectivity index (χ2n) is 5.35. The minimum absolute atomic E-state index is 0.0410. The van der Waals surface area contributed by atoms with Crippen LogP contribution >= 0.6 is 11.6 Å². The first-order valence-electron chi connectivity index (χ1n) is 6.25. The summed E-state index contributed by atoms with van der Waals surface area (Å²) in [5.41, 5.74) is 1.04. The summed E-state index contributed by atoms with van der Waals surface area (Å²) in [4.78, 5) is 7.96. The first-order valence-corrected chi connectivity index (χ1v) is 6.63. The van der Waals surface area contributed by atoms with Crippen LogP contribution < -0.4 is 9.47 Å². The minimum atomic E-state index is -0.0410. The average molecular weight is 293 g/mol. The van der Waals surface area contributed by atoms with Gasteiger partial charge in [-0.3, -0.25) is 0 Å². The molecule has 0 N–H and O–H groups in total. The molecule has 0 aliphatic rings. The summed E-state index contributed by atoms with van der Waals surface area (Å²) < 4.78 is 11.1. The molecule has 1 aromatic carbocycles. The smallest absolute Gasteiger partial charge is 0.267 e. The molecular formula is C15H17ClN2O2. The van der Waals surface area contributed by atoms with E-state index < -0.39 is 0 Å². The van der Waals surface area contributed by atoms with Crippen molar-refractivity contribution in [3.63, 3.8) is 0 Å². The Kier molecular flexibility index (Phi) is 4.14. The molecule has 0 unspecified atom stereocenters. The lowest BCUT2D eigenvalue weighted by Gasteiger charge is -2.22. The van der Waals surface area contributed by atoms with Gasteiger partial charge in [0.1, 0.15) is 12.1 Å². The van der Waals surface area contributed by atoms with Crippen LogP contribution in [-0.4, -0.2) is 17.1 Å². The van der Waals surface area contributed by atoms with Crippen LogP contribution in [0.1, 0.15) is 26.3 Å². The molecule has 1 aromatic heterocycles. The third-order valence-electron chi connectivity index (χ3n) is 2.83. The molecule has 0 bridgehead atoms. The van der Waals surface area contributed by atoms with Gasteiger partial charge in [0.05, 0.1) is 7.11 Å². The molecule has 0 aliphatic heterocycles. The lowest BCUT2D eigenvalue weighted by Crippen LogP contribution is -2.12. The average Bonchev–Trinajstić information content (AvgIpc) is 2.38. The van der Waals surface area contributed by atoms with Crippen molar-refractivity contribution in [2.75, 3.05) is 7.11 Å². The maximum absolute atomic E-state index is 5.97. The molecule has 0 saturated heterocycles. The zero-order chi connectivity index (χ0) is 14.8. The predicted octanol–water partition coefficient (Wildman–Crippen LogP) is 4.23. The number of methoxy groups -OCH3 is 1. The van der Waals surface area contributed by atoms with Crippen molar-refractivity contribution in [1.82, 2.24) is 9.97 Å². The van der Waals surface area contributed by atoms with Crippen molar-refractivity contribution in [1.29, 1.82) is 0 Å². The highest BCUT2D eigenvalue weighted by molar-refractivity contribution is 6.31. The van der Waals surface area contributed by atoms with E-state index >= 15 is 0 Å².